The molecule has 0 amide bonds. The van der Waals surface area contributed by atoms with Crippen LogP contribution in [-0.4, -0.2) is 46.1 Å². The van der Waals surface area contributed by atoms with Gasteiger partial charge in [0.15, 0.2) is 0 Å². The fraction of sp³-hybridized carbons (Fsp3) is 0.611. The first kappa shape index (κ1) is 17.1. The lowest BCUT2D eigenvalue weighted by Crippen LogP contribution is -2.33. The van der Waals surface area contributed by atoms with Crippen LogP contribution in [-0.2, 0) is 19.3 Å². The van der Waals surface area contributed by atoms with E-state index < -0.39 is 0 Å². The Hall–Kier alpha value is -1.34. The Morgan fingerprint density at radius 2 is 2.00 bits per heavy atom. The number of hydrogen-bond acceptors (Lipinski definition) is 7. The van der Waals surface area contributed by atoms with Crippen LogP contribution in [0.3, 0.4) is 0 Å². The molecule has 2 aromatic rings. The topological polar surface area (TPSA) is 53.9 Å². The van der Waals surface area contributed by atoms with Crippen LogP contribution in [0.2, 0.25) is 0 Å². The van der Waals surface area contributed by atoms with E-state index in [0.29, 0.717) is 0 Å². The minimum absolute atomic E-state index is 0.927. The second kappa shape index (κ2) is 8.36. The molecule has 0 radical (unpaired) electrons. The number of thiazole rings is 1. The largest absolute Gasteiger partial charge is 0.370 e. The molecule has 0 spiro atoms. The third kappa shape index (κ3) is 4.44. The molecule has 7 heteroatoms. The molecule has 25 heavy (non-hydrogen) atoms. The number of anilines is 2. The maximum absolute atomic E-state index is 4.83. The minimum atomic E-state index is 0.927. The Kier molecular flexibility index (Phi) is 5.72. The molecule has 0 atom stereocenters. The highest BCUT2D eigenvalue weighted by Crippen LogP contribution is 2.27. The lowest BCUT2D eigenvalue weighted by molar-refractivity contribution is 0.679. The third-order valence-corrected chi connectivity index (χ3v) is 6.91. The van der Waals surface area contributed by atoms with E-state index in [1.165, 1.54) is 52.8 Å². The van der Waals surface area contributed by atoms with E-state index in [9.17, 15) is 0 Å². The normalized spacial score (nSPS) is 17.4. The number of hydrogen-bond donors (Lipinski definition) is 1. The van der Waals surface area contributed by atoms with Crippen molar-refractivity contribution in [2.24, 2.45) is 0 Å². The van der Waals surface area contributed by atoms with E-state index >= 15 is 0 Å². The fourth-order valence-corrected chi connectivity index (χ4v) is 5.48. The molecule has 2 aliphatic rings. The predicted octanol–water partition coefficient (Wildman–Crippen LogP) is 3.41. The van der Waals surface area contributed by atoms with Crippen molar-refractivity contribution in [3.63, 3.8) is 0 Å². The number of aromatic nitrogens is 3. The van der Waals surface area contributed by atoms with Gasteiger partial charge in [-0.3, -0.25) is 0 Å². The van der Waals surface area contributed by atoms with Crippen molar-refractivity contribution < 1.29 is 0 Å². The van der Waals surface area contributed by atoms with Crippen molar-refractivity contribution in [2.75, 3.05) is 41.4 Å². The SMILES string of the molecule is c1nc(NCCCc2nc3c(s2)CCCC3)cc(N2CCSCC2)n1. The van der Waals surface area contributed by atoms with Crippen molar-refractivity contribution in [3.05, 3.63) is 28.0 Å². The number of nitrogens with zero attached hydrogens (tertiary/aromatic N) is 4. The number of thioether (sulfide) groups is 1. The number of fused-ring (bicyclic) bond motifs is 1. The van der Waals surface area contributed by atoms with Gasteiger partial charge in [0.2, 0.25) is 0 Å². The van der Waals surface area contributed by atoms with E-state index in [4.69, 9.17) is 4.98 Å². The molecule has 1 saturated heterocycles. The van der Waals surface area contributed by atoms with Crippen molar-refractivity contribution in [1.82, 2.24) is 15.0 Å². The minimum Gasteiger partial charge on any atom is -0.370 e. The van der Waals surface area contributed by atoms with Crippen molar-refractivity contribution in [2.45, 2.75) is 38.5 Å². The predicted molar refractivity (Wildman–Crippen MR) is 107 cm³/mol. The standard InChI is InChI=1S/C18H25N5S2/c1-2-5-15-14(4-1)22-18(25-15)6-3-7-19-16-12-17(21-13-20-16)23-8-10-24-11-9-23/h12-13H,1-11H2,(H,19,20,21). The van der Waals surface area contributed by atoms with Gasteiger partial charge in [-0.15, -0.1) is 11.3 Å². The van der Waals surface area contributed by atoms with Crippen molar-refractivity contribution >= 4 is 34.7 Å². The van der Waals surface area contributed by atoms with Crippen LogP contribution in [0.1, 0.15) is 34.8 Å². The number of rotatable bonds is 6. The molecule has 2 aromatic heterocycles. The Balaban J connectivity index is 1.26. The second-order valence-corrected chi connectivity index (χ2v) is 8.97. The summed E-state index contributed by atoms with van der Waals surface area (Å²) in [6, 6.07) is 2.08. The molecule has 0 unspecified atom stereocenters. The van der Waals surface area contributed by atoms with E-state index in [-0.39, 0.29) is 0 Å². The summed E-state index contributed by atoms with van der Waals surface area (Å²) in [5, 5.41) is 4.76. The molecule has 1 aliphatic heterocycles. The van der Waals surface area contributed by atoms with E-state index in [0.717, 1.165) is 44.1 Å². The van der Waals surface area contributed by atoms with Crippen LogP contribution in [0.4, 0.5) is 11.6 Å². The van der Waals surface area contributed by atoms with Gasteiger partial charge in [-0.2, -0.15) is 11.8 Å². The molecule has 5 nitrogen and oxygen atoms in total. The highest BCUT2D eigenvalue weighted by Gasteiger charge is 2.15. The zero-order valence-electron chi connectivity index (χ0n) is 14.5. The molecular formula is C18H25N5S2. The number of nitrogens with one attached hydrogen (secondary N) is 1. The Morgan fingerprint density at radius 1 is 1.12 bits per heavy atom. The van der Waals surface area contributed by atoms with Gasteiger partial charge in [-0.05, 0) is 32.1 Å². The zero-order chi connectivity index (χ0) is 16.9. The Labute approximate surface area is 157 Å². The quantitative estimate of drug-likeness (QED) is 0.781. The van der Waals surface area contributed by atoms with E-state index in [2.05, 4.69) is 26.3 Å². The summed E-state index contributed by atoms with van der Waals surface area (Å²) in [7, 11) is 0. The first-order valence-corrected chi connectivity index (χ1v) is 11.2. The molecule has 0 saturated carbocycles. The summed E-state index contributed by atoms with van der Waals surface area (Å²) >= 11 is 3.95. The van der Waals surface area contributed by atoms with Crippen LogP contribution in [0, 0.1) is 0 Å². The molecular weight excluding hydrogens is 350 g/mol. The monoisotopic (exact) mass is 375 g/mol. The second-order valence-electron chi connectivity index (χ2n) is 6.58. The van der Waals surface area contributed by atoms with Crippen molar-refractivity contribution in [3.8, 4) is 0 Å². The fourth-order valence-electron chi connectivity index (χ4n) is 3.38. The first-order chi connectivity index (χ1) is 12.4. The van der Waals surface area contributed by atoms with Crippen LogP contribution in [0.15, 0.2) is 12.4 Å². The van der Waals surface area contributed by atoms with Gasteiger partial charge in [-0.25, -0.2) is 15.0 Å². The molecule has 1 N–H and O–H groups in total. The molecule has 1 aliphatic carbocycles. The summed E-state index contributed by atoms with van der Waals surface area (Å²) < 4.78 is 0. The average Bonchev–Trinajstić information content (AvgIpc) is 3.09. The third-order valence-electron chi connectivity index (χ3n) is 4.75. The first-order valence-electron chi connectivity index (χ1n) is 9.24. The zero-order valence-corrected chi connectivity index (χ0v) is 16.2. The van der Waals surface area contributed by atoms with Crippen LogP contribution >= 0.6 is 23.1 Å². The van der Waals surface area contributed by atoms with Crippen LogP contribution in [0.5, 0.6) is 0 Å². The Morgan fingerprint density at radius 3 is 2.88 bits per heavy atom. The lowest BCUT2D eigenvalue weighted by atomic mass is 10.0. The number of aryl methyl sites for hydroxylation is 3. The van der Waals surface area contributed by atoms with Gasteiger partial charge in [-0.1, -0.05) is 0 Å². The van der Waals surface area contributed by atoms with E-state index in [1.54, 1.807) is 6.33 Å². The van der Waals surface area contributed by atoms with Crippen LogP contribution < -0.4 is 10.2 Å². The molecule has 0 aromatic carbocycles. The summed E-state index contributed by atoms with van der Waals surface area (Å²) in [4.78, 5) is 17.5. The van der Waals surface area contributed by atoms with Gasteiger partial charge in [0.25, 0.3) is 0 Å². The van der Waals surface area contributed by atoms with E-state index in [1.807, 2.05) is 23.1 Å². The van der Waals surface area contributed by atoms with Gasteiger partial charge in [0, 0.05) is 48.5 Å². The average molecular weight is 376 g/mol. The summed E-state index contributed by atoms with van der Waals surface area (Å²) in [6.07, 6.45) is 8.89. The van der Waals surface area contributed by atoms with Gasteiger partial charge < -0.3 is 10.2 Å². The molecule has 0 bridgehead atoms. The van der Waals surface area contributed by atoms with Crippen molar-refractivity contribution in [1.29, 1.82) is 0 Å². The maximum Gasteiger partial charge on any atom is 0.134 e. The highest BCUT2D eigenvalue weighted by molar-refractivity contribution is 7.99. The smallest absolute Gasteiger partial charge is 0.134 e. The molecule has 134 valence electrons. The highest BCUT2D eigenvalue weighted by atomic mass is 32.2. The summed E-state index contributed by atoms with van der Waals surface area (Å²) in [5.41, 5.74) is 1.37. The van der Waals surface area contributed by atoms with Gasteiger partial charge in [0.05, 0.1) is 10.7 Å². The van der Waals surface area contributed by atoms with Gasteiger partial charge in [0.1, 0.15) is 18.0 Å². The van der Waals surface area contributed by atoms with Crippen LogP contribution in [0.25, 0.3) is 0 Å². The van der Waals surface area contributed by atoms with Gasteiger partial charge >= 0.3 is 0 Å². The maximum atomic E-state index is 4.83. The molecule has 4 rings (SSSR count). The summed E-state index contributed by atoms with van der Waals surface area (Å²) in [5.74, 6) is 4.35. The Bertz CT molecular complexity index is 673. The lowest BCUT2D eigenvalue weighted by Gasteiger charge is -2.27. The molecule has 1 fully saturated rings. The molecule has 3 heterocycles. The summed E-state index contributed by atoms with van der Waals surface area (Å²) in [6.45, 7) is 3.09.